The van der Waals surface area contributed by atoms with E-state index in [0.29, 0.717) is 18.3 Å². The Hall–Kier alpha value is -1.67. The van der Waals surface area contributed by atoms with Crippen LogP contribution in [0, 0.1) is 0 Å². The zero-order valence-electron chi connectivity index (χ0n) is 8.47. The molecule has 1 aromatic rings. The molecule has 0 amide bonds. The van der Waals surface area contributed by atoms with Crippen LogP contribution >= 0.6 is 0 Å². The van der Waals surface area contributed by atoms with Gasteiger partial charge in [0.05, 0.1) is 0 Å². The molecule has 1 N–H and O–H groups in total. The monoisotopic (exact) mass is 202 g/mol. The topological polar surface area (TPSA) is 37.3 Å². The Morgan fingerprint density at radius 3 is 2.60 bits per heavy atom. The maximum Gasteiger partial charge on any atom is 0.142 e. The van der Waals surface area contributed by atoms with Gasteiger partial charge in [-0.2, -0.15) is 0 Å². The normalized spacial score (nSPS) is 13.3. The quantitative estimate of drug-likeness (QED) is 0.452. The van der Waals surface area contributed by atoms with Gasteiger partial charge in [0.2, 0.25) is 0 Å². The summed E-state index contributed by atoms with van der Waals surface area (Å²) in [6, 6.07) is 9.24. The van der Waals surface area contributed by atoms with E-state index in [9.17, 15) is 9.90 Å². The molecule has 0 fully saturated rings. The molecule has 1 atom stereocenters. The second kappa shape index (κ2) is 5.94. The van der Waals surface area contributed by atoms with Crippen LogP contribution in [-0.4, -0.2) is 11.4 Å². The van der Waals surface area contributed by atoms with Crippen LogP contribution in [0.4, 0.5) is 0 Å². The second-order valence-electron chi connectivity index (χ2n) is 3.18. The number of benzene rings is 1. The molecule has 0 aliphatic carbocycles. The number of carbonyl (C=O) groups excluding carboxylic acids is 1. The van der Waals surface area contributed by atoms with Crippen LogP contribution < -0.4 is 0 Å². The van der Waals surface area contributed by atoms with Gasteiger partial charge in [-0.05, 0) is 23.6 Å². The summed E-state index contributed by atoms with van der Waals surface area (Å²) < 4.78 is 0. The lowest BCUT2D eigenvalue weighted by Gasteiger charge is -2.13. The predicted octanol–water partition coefficient (Wildman–Crippen LogP) is 2.42. The summed E-state index contributed by atoms with van der Waals surface area (Å²) in [6.45, 7) is 3.59. The predicted molar refractivity (Wildman–Crippen MR) is 60.4 cm³/mol. The summed E-state index contributed by atoms with van der Waals surface area (Å²) >= 11 is 0. The molecule has 0 saturated carbocycles. The van der Waals surface area contributed by atoms with Gasteiger partial charge in [-0.3, -0.25) is 4.79 Å². The van der Waals surface area contributed by atoms with E-state index in [1.807, 2.05) is 30.3 Å². The third kappa shape index (κ3) is 3.18. The van der Waals surface area contributed by atoms with Crippen molar-refractivity contribution in [3.05, 3.63) is 60.2 Å². The second-order valence-corrected chi connectivity index (χ2v) is 3.18. The molecule has 15 heavy (non-hydrogen) atoms. The maximum absolute atomic E-state index is 10.4. The summed E-state index contributed by atoms with van der Waals surface area (Å²) in [5.41, 5.74) is 1.44. The minimum absolute atomic E-state index is 0.509. The Morgan fingerprint density at radius 2 is 2.07 bits per heavy atom. The van der Waals surface area contributed by atoms with E-state index in [4.69, 9.17) is 0 Å². The Morgan fingerprint density at radius 1 is 1.40 bits per heavy atom. The molecular weight excluding hydrogens is 188 g/mol. The van der Waals surface area contributed by atoms with Gasteiger partial charge in [-0.25, -0.2) is 0 Å². The van der Waals surface area contributed by atoms with Crippen molar-refractivity contribution >= 4 is 6.29 Å². The summed E-state index contributed by atoms with van der Waals surface area (Å²) in [7, 11) is 0. The van der Waals surface area contributed by atoms with E-state index < -0.39 is 6.10 Å². The molecule has 0 heterocycles. The third-order valence-electron chi connectivity index (χ3n) is 2.13. The zero-order chi connectivity index (χ0) is 11.1. The molecular formula is C13H14O2. The van der Waals surface area contributed by atoms with Gasteiger partial charge < -0.3 is 5.11 Å². The molecule has 0 aliphatic heterocycles. The molecule has 1 aromatic carbocycles. The summed E-state index contributed by atoms with van der Waals surface area (Å²) in [5.74, 6) is 0. The van der Waals surface area contributed by atoms with Crippen LogP contribution in [0.5, 0.6) is 0 Å². The van der Waals surface area contributed by atoms with Crippen molar-refractivity contribution in [2.24, 2.45) is 0 Å². The fourth-order valence-electron chi connectivity index (χ4n) is 1.37. The van der Waals surface area contributed by atoms with Crippen molar-refractivity contribution in [1.82, 2.24) is 0 Å². The van der Waals surface area contributed by atoms with Crippen molar-refractivity contribution in [1.29, 1.82) is 0 Å². The molecule has 0 spiro atoms. The highest BCUT2D eigenvalue weighted by atomic mass is 16.3. The van der Waals surface area contributed by atoms with Crippen LogP contribution in [0.3, 0.4) is 0 Å². The number of aliphatic hydroxyl groups excluding tert-OH is 1. The molecule has 2 nitrogen and oxygen atoms in total. The Labute approximate surface area is 89.6 Å². The zero-order valence-corrected chi connectivity index (χ0v) is 8.47. The minimum Gasteiger partial charge on any atom is -0.384 e. The SMILES string of the molecule is C=CC/C(=C/C=O)C(O)c1ccccc1. The van der Waals surface area contributed by atoms with Crippen LogP contribution in [0.1, 0.15) is 18.1 Å². The largest absolute Gasteiger partial charge is 0.384 e. The summed E-state index contributed by atoms with van der Waals surface area (Å²) in [6.07, 6.45) is 3.52. The van der Waals surface area contributed by atoms with Gasteiger partial charge in [0, 0.05) is 0 Å². The number of aliphatic hydroxyl groups is 1. The van der Waals surface area contributed by atoms with Gasteiger partial charge in [0.25, 0.3) is 0 Å². The van der Waals surface area contributed by atoms with Crippen molar-refractivity contribution in [2.45, 2.75) is 12.5 Å². The molecule has 0 radical (unpaired) electrons. The first-order valence-electron chi connectivity index (χ1n) is 4.77. The highest BCUT2D eigenvalue weighted by molar-refractivity contribution is 5.66. The standard InChI is InChI=1S/C13H14O2/c1-2-6-11(9-10-14)13(15)12-7-4-3-5-8-12/h2-5,7-10,13,15H,1,6H2/b11-9-. The fourth-order valence-corrected chi connectivity index (χ4v) is 1.37. The van der Waals surface area contributed by atoms with Crippen molar-refractivity contribution in [3.63, 3.8) is 0 Å². The van der Waals surface area contributed by atoms with E-state index in [1.165, 1.54) is 6.08 Å². The van der Waals surface area contributed by atoms with Gasteiger partial charge in [0.1, 0.15) is 12.4 Å². The minimum atomic E-state index is -0.727. The number of aldehydes is 1. The third-order valence-corrected chi connectivity index (χ3v) is 2.13. The molecule has 2 heteroatoms. The summed E-state index contributed by atoms with van der Waals surface area (Å²) in [4.78, 5) is 10.4. The molecule has 1 rings (SSSR count). The van der Waals surface area contributed by atoms with Crippen molar-refractivity contribution < 1.29 is 9.90 Å². The molecule has 0 aliphatic rings. The first kappa shape index (κ1) is 11.4. The van der Waals surface area contributed by atoms with Gasteiger partial charge in [-0.15, -0.1) is 6.58 Å². The average molecular weight is 202 g/mol. The van der Waals surface area contributed by atoms with E-state index in [0.717, 1.165) is 5.56 Å². The van der Waals surface area contributed by atoms with E-state index in [-0.39, 0.29) is 0 Å². The van der Waals surface area contributed by atoms with Crippen molar-refractivity contribution in [2.75, 3.05) is 0 Å². The number of hydrogen-bond acceptors (Lipinski definition) is 2. The van der Waals surface area contributed by atoms with E-state index in [2.05, 4.69) is 6.58 Å². The smallest absolute Gasteiger partial charge is 0.142 e. The molecule has 0 bridgehead atoms. The Bertz CT molecular complexity index is 352. The van der Waals surface area contributed by atoms with Crippen molar-refractivity contribution in [3.8, 4) is 0 Å². The summed E-state index contributed by atoms with van der Waals surface area (Å²) in [5, 5.41) is 9.97. The molecule has 0 saturated heterocycles. The Balaban J connectivity index is 2.90. The average Bonchev–Trinajstić information content (AvgIpc) is 2.29. The van der Waals surface area contributed by atoms with Crippen LogP contribution in [0.2, 0.25) is 0 Å². The van der Waals surface area contributed by atoms with Crippen LogP contribution in [0.15, 0.2) is 54.6 Å². The van der Waals surface area contributed by atoms with Crippen LogP contribution in [-0.2, 0) is 4.79 Å². The van der Waals surface area contributed by atoms with Gasteiger partial charge in [-0.1, -0.05) is 36.4 Å². The molecule has 78 valence electrons. The highest BCUT2D eigenvalue weighted by Gasteiger charge is 2.10. The maximum atomic E-state index is 10.4. The lowest BCUT2D eigenvalue weighted by atomic mass is 9.99. The number of hydrogen-bond donors (Lipinski definition) is 1. The first-order valence-corrected chi connectivity index (χ1v) is 4.77. The highest BCUT2D eigenvalue weighted by Crippen LogP contribution is 2.23. The molecule has 0 aromatic heterocycles. The van der Waals surface area contributed by atoms with Crippen LogP contribution in [0.25, 0.3) is 0 Å². The first-order chi connectivity index (χ1) is 7.29. The number of rotatable bonds is 5. The van der Waals surface area contributed by atoms with E-state index in [1.54, 1.807) is 6.08 Å². The number of allylic oxidation sites excluding steroid dienone is 2. The van der Waals surface area contributed by atoms with E-state index >= 15 is 0 Å². The lowest BCUT2D eigenvalue weighted by molar-refractivity contribution is -0.104. The fraction of sp³-hybridized carbons (Fsp3) is 0.154. The lowest BCUT2D eigenvalue weighted by Crippen LogP contribution is -2.01. The molecule has 1 unspecified atom stereocenters. The Kier molecular flexibility index (Phi) is 4.51. The van der Waals surface area contributed by atoms with Gasteiger partial charge in [0.15, 0.2) is 0 Å². The van der Waals surface area contributed by atoms with Gasteiger partial charge >= 0.3 is 0 Å². The number of carbonyl (C=O) groups is 1.